The summed E-state index contributed by atoms with van der Waals surface area (Å²) in [4.78, 5) is 32.7. The van der Waals surface area contributed by atoms with Gasteiger partial charge in [-0.2, -0.15) is 0 Å². The smallest absolute Gasteiger partial charge is 0.257 e. The van der Waals surface area contributed by atoms with Crippen molar-refractivity contribution < 1.29 is 23.8 Å². The first kappa shape index (κ1) is 24.7. The number of nitrogens with zero attached hydrogens (tertiary/aromatic N) is 2. The zero-order chi connectivity index (χ0) is 26.8. The van der Waals surface area contributed by atoms with Gasteiger partial charge in [-0.1, -0.05) is 18.2 Å². The van der Waals surface area contributed by atoms with E-state index in [1.165, 1.54) is 0 Å². The van der Waals surface area contributed by atoms with Crippen LogP contribution in [0.1, 0.15) is 39.5 Å². The topological polar surface area (TPSA) is 90.0 Å². The fourth-order valence-electron chi connectivity index (χ4n) is 5.31. The number of carbonyl (C=O) groups is 2. The molecule has 8 nitrogen and oxygen atoms in total. The first-order chi connectivity index (χ1) is 19.1. The zero-order valence-electron chi connectivity index (χ0n) is 21.7. The van der Waals surface area contributed by atoms with Crippen LogP contribution in [0, 0.1) is 0 Å². The number of hydrogen-bond acceptors (Lipinski definition) is 6. The van der Waals surface area contributed by atoms with E-state index < -0.39 is 0 Å². The third-order valence-electron chi connectivity index (χ3n) is 7.21. The molecule has 3 aliphatic heterocycles. The van der Waals surface area contributed by atoms with Gasteiger partial charge in [-0.3, -0.25) is 14.6 Å². The van der Waals surface area contributed by atoms with Gasteiger partial charge in [-0.25, -0.2) is 0 Å². The Morgan fingerprint density at radius 1 is 1.08 bits per heavy atom. The van der Waals surface area contributed by atoms with Crippen molar-refractivity contribution >= 4 is 22.7 Å². The second-order valence-corrected chi connectivity index (χ2v) is 9.68. The number of amides is 2. The first-order valence-corrected chi connectivity index (χ1v) is 13.1. The molecule has 1 N–H and O–H groups in total. The van der Waals surface area contributed by atoms with Crippen LogP contribution in [0.2, 0.25) is 0 Å². The van der Waals surface area contributed by atoms with E-state index in [1.54, 1.807) is 13.3 Å². The number of aromatic nitrogens is 1. The predicted molar refractivity (Wildman–Crippen MR) is 146 cm³/mol. The Bertz CT molecular complexity index is 1550. The predicted octanol–water partition coefficient (Wildman–Crippen LogP) is 4.31. The number of benzene rings is 3. The molecular weight excluding hydrogens is 494 g/mol. The van der Waals surface area contributed by atoms with Crippen LogP contribution in [0.25, 0.3) is 10.9 Å². The van der Waals surface area contributed by atoms with E-state index in [-0.39, 0.29) is 24.5 Å². The third-order valence-corrected chi connectivity index (χ3v) is 7.21. The highest BCUT2D eigenvalue weighted by atomic mass is 16.5. The number of pyridine rings is 1. The highest BCUT2D eigenvalue weighted by molar-refractivity contribution is 5.98. The van der Waals surface area contributed by atoms with Crippen molar-refractivity contribution in [1.29, 1.82) is 0 Å². The third kappa shape index (κ3) is 4.97. The van der Waals surface area contributed by atoms with E-state index in [2.05, 4.69) is 10.3 Å². The Hall–Kier alpha value is -4.59. The molecule has 3 aromatic carbocycles. The maximum Gasteiger partial charge on any atom is 0.257 e. The maximum absolute atomic E-state index is 14.1. The Balaban J connectivity index is 1.46. The number of methoxy groups -OCH3 is 1. The SMILES string of the molecule is COc1cc2c3cc1OCC(=O)NCCCOc1cccc(c1)C2N(C(=O)c1ccc2ncccc2c1)CC3. The van der Waals surface area contributed by atoms with Crippen molar-refractivity contribution in [2.45, 2.75) is 18.9 Å². The molecule has 1 unspecified atom stereocenters. The summed E-state index contributed by atoms with van der Waals surface area (Å²) in [5.74, 6) is 1.47. The lowest BCUT2D eigenvalue weighted by Gasteiger charge is -2.38. The zero-order valence-corrected chi connectivity index (χ0v) is 21.7. The summed E-state index contributed by atoms with van der Waals surface area (Å²) in [7, 11) is 1.57. The van der Waals surface area contributed by atoms with E-state index in [0.717, 1.165) is 27.6 Å². The van der Waals surface area contributed by atoms with Gasteiger partial charge in [0.1, 0.15) is 5.75 Å². The van der Waals surface area contributed by atoms with Crippen LogP contribution in [0.15, 0.2) is 72.9 Å². The molecule has 8 heteroatoms. The number of rotatable bonds is 2. The molecule has 1 atom stereocenters. The van der Waals surface area contributed by atoms with E-state index in [1.807, 2.05) is 71.6 Å². The van der Waals surface area contributed by atoms with Gasteiger partial charge in [-0.05, 0) is 78.1 Å². The molecule has 0 fully saturated rings. The van der Waals surface area contributed by atoms with Gasteiger partial charge >= 0.3 is 0 Å². The van der Waals surface area contributed by atoms with Crippen LogP contribution in [-0.2, 0) is 11.2 Å². The standard InChI is InChI=1S/C31H29N3O5/c1-37-27-18-25-20-10-13-34(31(36)23-8-9-26-21(15-23)6-3-11-32-26)30(25)22-5-2-7-24(16-22)38-14-4-12-33-29(35)19-39-28(27)17-20/h2-3,5-9,11,15-18,30H,4,10,12-14,19H2,1H3,(H,33,35). The summed E-state index contributed by atoms with van der Waals surface area (Å²) in [5.41, 5.74) is 4.40. The minimum atomic E-state index is -0.367. The number of nitrogens with one attached hydrogen (secondary N) is 1. The van der Waals surface area contributed by atoms with Crippen LogP contribution >= 0.6 is 0 Å². The van der Waals surface area contributed by atoms with Gasteiger partial charge in [0.15, 0.2) is 18.1 Å². The average molecular weight is 524 g/mol. The molecule has 2 amide bonds. The molecular formula is C31H29N3O5. The van der Waals surface area contributed by atoms with Crippen LogP contribution in [0.4, 0.5) is 0 Å². The number of fused-ring (bicyclic) bond motifs is 9. The molecule has 4 aromatic rings. The summed E-state index contributed by atoms with van der Waals surface area (Å²) in [5, 5.41) is 3.78. The monoisotopic (exact) mass is 523 g/mol. The van der Waals surface area contributed by atoms with Crippen molar-refractivity contribution in [3.8, 4) is 17.2 Å². The normalized spacial score (nSPS) is 17.2. The Kier molecular flexibility index (Phi) is 6.75. The van der Waals surface area contributed by atoms with Crippen LogP contribution in [-0.4, -0.2) is 55.1 Å². The number of carbonyl (C=O) groups excluding carboxylic acids is 2. The van der Waals surface area contributed by atoms with E-state index >= 15 is 0 Å². The lowest BCUT2D eigenvalue weighted by atomic mass is 9.87. The van der Waals surface area contributed by atoms with Crippen molar-refractivity contribution in [1.82, 2.24) is 15.2 Å². The van der Waals surface area contributed by atoms with Crippen molar-refractivity contribution in [3.05, 3.63) is 95.2 Å². The molecule has 0 aliphatic carbocycles. The molecule has 4 heterocycles. The van der Waals surface area contributed by atoms with Gasteiger partial charge in [0.2, 0.25) is 0 Å². The molecule has 0 radical (unpaired) electrons. The quantitative estimate of drug-likeness (QED) is 0.421. The molecule has 39 heavy (non-hydrogen) atoms. The van der Waals surface area contributed by atoms with Gasteiger partial charge in [0.05, 0.1) is 25.3 Å². The summed E-state index contributed by atoms with van der Waals surface area (Å²) in [6.45, 7) is 1.34. The summed E-state index contributed by atoms with van der Waals surface area (Å²) >= 11 is 0. The second kappa shape index (κ2) is 10.6. The molecule has 7 rings (SSSR count). The molecule has 1 aromatic heterocycles. The fraction of sp³-hybridized carbons (Fsp3) is 0.258. The highest BCUT2D eigenvalue weighted by Gasteiger charge is 2.34. The van der Waals surface area contributed by atoms with E-state index in [0.29, 0.717) is 55.4 Å². The highest BCUT2D eigenvalue weighted by Crippen LogP contribution is 2.42. The molecule has 0 spiro atoms. The van der Waals surface area contributed by atoms with E-state index in [9.17, 15) is 9.59 Å². The summed E-state index contributed by atoms with van der Waals surface area (Å²) < 4.78 is 17.6. The molecule has 3 aliphatic rings. The van der Waals surface area contributed by atoms with E-state index in [4.69, 9.17) is 14.2 Å². The van der Waals surface area contributed by atoms with Crippen molar-refractivity contribution in [3.63, 3.8) is 0 Å². The van der Waals surface area contributed by atoms with Gasteiger partial charge in [0, 0.05) is 30.2 Å². The minimum Gasteiger partial charge on any atom is -0.494 e. The van der Waals surface area contributed by atoms with Gasteiger partial charge in [0.25, 0.3) is 11.8 Å². The van der Waals surface area contributed by atoms with Gasteiger partial charge < -0.3 is 24.4 Å². The van der Waals surface area contributed by atoms with Crippen LogP contribution in [0.5, 0.6) is 17.2 Å². The van der Waals surface area contributed by atoms with Crippen LogP contribution < -0.4 is 19.5 Å². The Morgan fingerprint density at radius 2 is 2.00 bits per heavy atom. The van der Waals surface area contributed by atoms with Crippen molar-refractivity contribution in [2.24, 2.45) is 0 Å². The van der Waals surface area contributed by atoms with Gasteiger partial charge in [-0.15, -0.1) is 0 Å². The second-order valence-electron chi connectivity index (χ2n) is 9.68. The summed E-state index contributed by atoms with van der Waals surface area (Å²) in [6.07, 6.45) is 3.04. The fourth-order valence-corrected chi connectivity index (χ4v) is 5.31. The largest absolute Gasteiger partial charge is 0.494 e. The molecule has 0 saturated carbocycles. The van der Waals surface area contributed by atoms with Crippen molar-refractivity contribution in [2.75, 3.05) is 33.4 Å². The average Bonchev–Trinajstić information content (AvgIpc) is 2.97. The molecule has 198 valence electrons. The number of ether oxygens (including phenoxy) is 3. The summed E-state index contributed by atoms with van der Waals surface area (Å²) in [6, 6.07) is 20.8. The Morgan fingerprint density at radius 3 is 2.90 bits per heavy atom. The van der Waals surface area contributed by atoms with Crippen LogP contribution in [0.3, 0.4) is 0 Å². The maximum atomic E-state index is 14.1. The minimum absolute atomic E-state index is 0.0620. The molecule has 6 bridgehead atoms. The lowest BCUT2D eigenvalue weighted by molar-refractivity contribution is -0.123. The number of hydrogen-bond donors (Lipinski definition) is 1. The lowest BCUT2D eigenvalue weighted by Crippen LogP contribution is -2.40. The first-order valence-electron chi connectivity index (χ1n) is 13.1. The molecule has 0 saturated heterocycles. The Labute approximate surface area is 226 Å².